The van der Waals surface area contributed by atoms with E-state index in [-0.39, 0.29) is 0 Å². The summed E-state index contributed by atoms with van der Waals surface area (Å²) >= 11 is 1.69. The van der Waals surface area contributed by atoms with Crippen LogP contribution in [0, 0.1) is 0 Å². The van der Waals surface area contributed by atoms with Crippen molar-refractivity contribution in [3.8, 4) is 55.9 Å². The summed E-state index contributed by atoms with van der Waals surface area (Å²) in [7, 11) is 0. The minimum atomic E-state index is 0.586. The largest absolute Gasteiger partial charge is 0.456 e. The van der Waals surface area contributed by atoms with E-state index in [1.807, 2.05) is 84.9 Å². The summed E-state index contributed by atoms with van der Waals surface area (Å²) in [5.74, 6) is 1.79. The van der Waals surface area contributed by atoms with Crippen molar-refractivity contribution in [1.29, 1.82) is 0 Å². The van der Waals surface area contributed by atoms with Crippen molar-refractivity contribution in [2.24, 2.45) is 0 Å². The normalized spacial score (nSPS) is 11.9. The summed E-state index contributed by atoms with van der Waals surface area (Å²) in [6.07, 6.45) is 0. The minimum Gasteiger partial charge on any atom is -0.456 e. The Bertz CT molecular complexity index is 3530. The van der Waals surface area contributed by atoms with Gasteiger partial charge in [-0.05, 0) is 52.2 Å². The van der Waals surface area contributed by atoms with Crippen molar-refractivity contribution in [3.63, 3.8) is 0 Å². The molecule has 0 spiro atoms. The molecule has 4 heterocycles. The Kier molecular flexibility index (Phi) is 7.00. The predicted octanol–water partition coefficient (Wildman–Crippen LogP) is 13.8. The number of aromatic nitrogens is 4. The van der Waals surface area contributed by atoms with Crippen LogP contribution in [-0.2, 0) is 0 Å². The van der Waals surface area contributed by atoms with E-state index >= 15 is 0 Å². The molecule has 8 aromatic carbocycles. The quantitative estimate of drug-likeness (QED) is 0.174. The zero-order valence-electron chi connectivity index (χ0n) is 30.2. The first-order valence-electron chi connectivity index (χ1n) is 18.8. The van der Waals surface area contributed by atoms with E-state index in [0.29, 0.717) is 17.5 Å². The van der Waals surface area contributed by atoms with Gasteiger partial charge < -0.3 is 8.83 Å². The first-order valence-corrected chi connectivity index (χ1v) is 19.6. The zero-order valence-corrected chi connectivity index (χ0v) is 31.0. The Morgan fingerprint density at radius 1 is 0.351 bits per heavy atom. The molecule has 266 valence electrons. The van der Waals surface area contributed by atoms with Crippen LogP contribution in [0.2, 0.25) is 0 Å². The molecule has 0 saturated carbocycles. The van der Waals surface area contributed by atoms with Crippen molar-refractivity contribution in [1.82, 2.24) is 19.9 Å². The molecule has 0 fully saturated rings. The highest BCUT2D eigenvalue weighted by atomic mass is 32.1. The summed E-state index contributed by atoms with van der Waals surface area (Å²) in [6, 6.07) is 58.0. The average molecular weight is 749 g/mol. The number of thiazole rings is 1. The third-order valence-electron chi connectivity index (χ3n) is 10.8. The number of hydrogen-bond acceptors (Lipinski definition) is 7. The van der Waals surface area contributed by atoms with Gasteiger partial charge in [-0.1, -0.05) is 133 Å². The van der Waals surface area contributed by atoms with E-state index in [4.69, 9.17) is 28.8 Å². The fraction of sp³-hybridized carbons (Fsp3) is 0. The van der Waals surface area contributed by atoms with Gasteiger partial charge in [0.1, 0.15) is 27.3 Å². The molecule has 0 radical (unpaired) electrons. The summed E-state index contributed by atoms with van der Waals surface area (Å²) in [6.45, 7) is 0. The molecule has 7 heteroatoms. The van der Waals surface area contributed by atoms with Crippen molar-refractivity contribution in [3.05, 3.63) is 170 Å². The molecule has 57 heavy (non-hydrogen) atoms. The van der Waals surface area contributed by atoms with Gasteiger partial charge in [-0.25, -0.2) is 19.9 Å². The van der Waals surface area contributed by atoms with Crippen LogP contribution >= 0.6 is 11.3 Å². The summed E-state index contributed by atoms with van der Waals surface area (Å²) in [4.78, 5) is 20.5. The number of benzene rings is 8. The molecule has 0 aliphatic carbocycles. The van der Waals surface area contributed by atoms with Gasteiger partial charge >= 0.3 is 0 Å². The maximum absolute atomic E-state index is 6.55. The highest BCUT2D eigenvalue weighted by Crippen LogP contribution is 2.44. The molecule has 0 unspecified atom stereocenters. The SMILES string of the molecule is c1ccc(-c2nc(-c3ccc(-c4cccc5oc6cc7sc(-c8ccccc8)nc7cc6c45)c4ccccc34)nc(-c3cccc4oc5ccccc5c34)n2)cc1. The summed E-state index contributed by atoms with van der Waals surface area (Å²) in [5, 5.41) is 7.24. The van der Waals surface area contributed by atoms with Gasteiger partial charge in [0.15, 0.2) is 17.5 Å². The van der Waals surface area contributed by atoms with Crippen LogP contribution < -0.4 is 0 Å². The maximum Gasteiger partial charge on any atom is 0.164 e. The number of fused-ring (bicyclic) bond motifs is 8. The standard InChI is InChI=1S/C50H28N4O2S/c1-3-13-29(14-4-1)47-52-48(54-49(53-47)37-21-12-24-42-46(37)36-19-9-10-22-40(36)55-42)35-26-25-33(31-17-7-8-18-32(31)35)34-20-11-23-41-45(34)38-27-39-44(28-43(38)56-41)57-50(51-39)30-15-5-2-6-16-30/h1-28H. The zero-order chi connectivity index (χ0) is 37.5. The molecule has 0 atom stereocenters. The Hall–Kier alpha value is -7.48. The highest BCUT2D eigenvalue weighted by Gasteiger charge is 2.21. The van der Waals surface area contributed by atoms with E-state index in [2.05, 4.69) is 84.9 Å². The van der Waals surface area contributed by atoms with Crippen LogP contribution in [0.3, 0.4) is 0 Å². The summed E-state index contributed by atoms with van der Waals surface area (Å²) in [5.41, 5.74) is 10.3. The highest BCUT2D eigenvalue weighted by molar-refractivity contribution is 7.21. The average Bonchev–Trinajstić information content (AvgIpc) is 3.98. The van der Waals surface area contributed by atoms with Crippen LogP contribution in [0.5, 0.6) is 0 Å². The van der Waals surface area contributed by atoms with Crippen LogP contribution in [0.15, 0.2) is 179 Å². The second-order valence-electron chi connectivity index (χ2n) is 14.1. The van der Waals surface area contributed by atoms with E-state index < -0.39 is 0 Å². The van der Waals surface area contributed by atoms with Crippen molar-refractivity contribution < 1.29 is 8.83 Å². The number of furan rings is 2. The van der Waals surface area contributed by atoms with Crippen LogP contribution in [0.25, 0.3) is 121 Å². The van der Waals surface area contributed by atoms with Crippen molar-refractivity contribution in [2.75, 3.05) is 0 Å². The van der Waals surface area contributed by atoms with Crippen molar-refractivity contribution >= 4 is 76.2 Å². The molecule has 0 amide bonds. The van der Waals surface area contributed by atoms with Gasteiger partial charge in [-0.2, -0.15) is 0 Å². The molecule has 0 aliphatic heterocycles. The second kappa shape index (κ2) is 12.5. The third kappa shape index (κ3) is 5.10. The number of rotatable bonds is 5. The number of nitrogens with zero attached hydrogens (tertiary/aromatic N) is 4. The number of hydrogen-bond donors (Lipinski definition) is 0. The van der Waals surface area contributed by atoms with Crippen LogP contribution in [0.1, 0.15) is 0 Å². The molecule has 0 aliphatic rings. The van der Waals surface area contributed by atoms with Gasteiger partial charge in [0.25, 0.3) is 0 Å². The fourth-order valence-corrected chi connectivity index (χ4v) is 9.18. The molecule has 12 rings (SSSR count). The van der Waals surface area contributed by atoms with Gasteiger partial charge in [0.05, 0.1) is 10.2 Å². The summed E-state index contributed by atoms with van der Waals surface area (Å²) < 4.78 is 13.9. The number of para-hydroxylation sites is 1. The minimum absolute atomic E-state index is 0.586. The third-order valence-corrected chi connectivity index (χ3v) is 11.9. The van der Waals surface area contributed by atoms with E-state index in [9.17, 15) is 0 Å². The molecule has 6 nitrogen and oxygen atoms in total. The maximum atomic E-state index is 6.55. The van der Waals surface area contributed by atoms with Crippen LogP contribution in [-0.4, -0.2) is 19.9 Å². The lowest BCUT2D eigenvalue weighted by Gasteiger charge is -2.14. The van der Waals surface area contributed by atoms with Gasteiger partial charge in [0.2, 0.25) is 0 Å². The topological polar surface area (TPSA) is 77.8 Å². The molecule has 12 aromatic rings. The van der Waals surface area contributed by atoms with Crippen LogP contribution in [0.4, 0.5) is 0 Å². The monoisotopic (exact) mass is 748 g/mol. The molecule has 4 aromatic heterocycles. The molecular formula is C50H28N4O2S. The first-order chi connectivity index (χ1) is 28.2. The van der Waals surface area contributed by atoms with Gasteiger partial charge in [-0.15, -0.1) is 11.3 Å². The van der Waals surface area contributed by atoms with E-state index in [1.165, 1.54) is 0 Å². The Labute approximate surface area is 329 Å². The lowest BCUT2D eigenvalue weighted by molar-refractivity contribution is 0.669. The fourth-order valence-electron chi connectivity index (χ4n) is 8.20. The van der Waals surface area contributed by atoms with Gasteiger partial charge in [-0.3, -0.25) is 0 Å². The molecule has 0 N–H and O–H groups in total. The Morgan fingerprint density at radius 2 is 0.912 bits per heavy atom. The first kappa shape index (κ1) is 31.8. The van der Waals surface area contributed by atoms with Crippen molar-refractivity contribution in [2.45, 2.75) is 0 Å². The lowest BCUT2D eigenvalue weighted by atomic mass is 9.92. The van der Waals surface area contributed by atoms with Gasteiger partial charge in [0, 0.05) is 49.9 Å². The Morgan fingerprint density at radius 3 is 1.68 bits per heavy atom. The van der Waals surface area contributed by atoms with E-state index in [0.717, 1.165) is 103 Å². The lowest BCUT2D eigenvalue weighted by Crippen LogP contribution is -2.01. The second-order valence-corrected chi connectivity index (χ2v) is 15.2. The Balaban J connectivity index is 1.06. The molecular weight excluding hydrogens is 721 g/mol. The predicted molar refractivity (Wildman–Crippen MR) is 232 cm³/mol. The van der Waals surface area contributed by atoms with E-state index in [1.54, 1.807) is 11.3 Å². The molecule has 0 bridgehead atoms. The molecule has 0 saturated heterocycles. The smallest absolute Gasteiger partial charge is 0.164 e.